The van der Waals surface area contributed by atoms with Crippen molar-refractivity contribution in [3.63, 3.8) is 0 Å². The van der Waals surface area contributed by atoms with Gasteiger partial charge in [0.2, 0.25) is 0 Å². The van der Waals surface area contributed by atoms with Gasteiger partial charge in [0.05, 0.1) is 62.3 Å². The Labute approximate surface area is 267 Å². The van der Waals surface area contributed by atoms with Crippen LogP contribution in [-0.4, -0.2) is 64.5 Å². The lowest BCUT2D eigenvalue weighted by Crippen LogP contribution is -2.19. The molecule has 0 saturated carbocycles. The van der Waals surface area contributed by atoms with E-state index in [2.05, 4.69) is 4.72 Å². The molecule has 3 aromatic carbocycles. The predicted octanol–water partition coefficient (Wildman–Crippen LogP) is 4.81. The third-order valence-corrected chi connectivity index (χ3v) is 8.74. The van der Waals surface area contributed by atoms with Gasteiger partial charge in [-0.1, -0.05) is 6.92 Å². The zero-order chi connectivity index (χ0) is 32.8. The van der Waals surface area contributed by atoms with Crippen molar-refractivity contribution in [2.75, 3.05) is 45.4 Å². The minimum Gasteiger partial charge on any atom is -0.493 e. The van der Waals surface area contributed by atoms with Gasteiger partial charge in [-0.3, -0.25) is 13.9 Å². The van der Waals surface area contributed by atoms with Crippen molar-refractivity contribution in [1.82, 2.24) is 9.13 Å². The summed E-state index contributed by atoms with van der Waals surface area (Å²) >= 11 is 0. The van der Waals surface area contributed by atoms with Crippen LogP contribution in [0.25, 0.3) is 11.0 Å². The quantitative estimate of drug-likeness (QED) is 0.177. The second kappa shape index (κ2) is 14.4. The van der Waals surface area contributed by atoms with Crippen LogP contribution in [0.4, 0.5) is 5.69 Å². The third kappa shape index (κ3) is 7.35. The zero-order valence-electron chi connectivity index (χ0n) is 26.5. The Balaban J connectivity index is 1.49. The summed E-state index contributed by atoms with van der Waals surface area (Å²) in [5, 5.41) is 0. The van der Waals surface area contributed by atoms with Crippen LogP contribution in [0.15, 0.2) is 58.2 Å². The minimum absolute atomic E-state index is 0.0581. The molecular weight excluding hydrogens is 618 g/mol. The average Bonchev–Trinajstić information content (AvgIpc) is 3.64. The molecule has 1 saturated heterocycles. The fourth-order valence-electron chi connectivity index (χ4n) is 5.01. The highest BCUT2D eigenvalue weighted by Gasteiger charge is 2.22. The zero-order valence-corrected chi connectivity index (χ0v) is 27.3. The molecule has 0 bridgehead atoms. The Kier molecular flexibility index (Phi) is 10.3. The normalized spacial score (nSPS) is 13.6. The molecule has 1 N–H and O–H groups in total. The standard InChI is InChI=1S/C32H39N3O10S/c1-6-11-41-21-15-22(42-12-7-8-31-43-13-14-44-31)17-23(16-21)45-29-20-27-26(34(2)32(36)35(27)3)19-25(29)33-46(37,38)24-9-10-28(39-4)30(18-24)40-5/h9-10,15-20,31,33H,6-8,11-14H2,1-5H3. The van der Waals surface area contributed by atoms with Crippen LogP contribution in [0.3, 0.4) is 0 Å². The first-order chi connectivity index (χ1) is 22.1. The van der Waals surface area contributed by atoms with Gasteiger partial charge in [0, 0.05) is 50.8 Å². The Hall–Kier alpha value is -4.40. The fourth-order valence-corrected chi connectivity index (χ4v) is 6.09. The Morgan fingerprint density at radius 3 is 2.11 bits per heavy atom. The van der Waals surface area contributed by atoms with Crippen molar-refractivity contribution in [2.45, 2.75) is 37.4 Å². The number of rotatable bonds is 15. The molecule has 0 aliphatic carbocycles. The number of nitrogens with zero attached hydrogens (tertiary/aromatic N) is 2. The molecule has 13 nitrogen and oxygen atoms in total. The van der Waals surface area contributed by atoms with Crippen molar-refractivity contribution in [1.29, 1.82) is 0 Å². The monoisotopic (exact) mass is 657 g/mol. The third-order valence-electron chi connectivity index (χ3n) is 7.38. The summed E-state index contributed by atoms with van der Waals surface area (Å²) in [5.74, 6) is 2.18. The van der Waals surface area contributed by atoms with Crippen LogP contribution in [-0.2, 0) is 33.6 Å². The van der Waals surface area contributed by atoms with E-state index in [0.717, 1.165) is 6.42 Å². The van der Waals surface area contributed by atoms with Gasteiger partial charge in [-0.2, -0.15) is 0 Å². The summed E-state index contributed by atoms with van der Waals surface area (Å²) in [6, 6.07) is 12.6. The van der Waals surface area contributed by atoms with Gasteiger partial charge in [-0.15, -0.1) is 0 Å². The van der Waals surface area contributed by atoms with Crippen molar-refractivity contribution < 1.29 is 41.6 Å². The van der Waals surface area contributed by atoms with Crippen LogP contribution < -0.4 is 34.1 Å². The maximum atomic E-state index is 13.6. The number of imidazole rings is 1. The Morgan fingerprint density at radius 1 is 0.826 bits per heavy atom. The maximum absolute atomic E-state index is 13.6. The number of aryl methyl sites for hydroxylation is 2. The van der Waals surface area contributed by atoms with E-state index in [4.69, 9.17) is 33.2 Å². The van der Waals surface area contributed by atoms with Gasteiger partial charge in [-0.05, 0) is 31.0 Å². The number of ether oxygens (including phenoxy) is 7. The molecule has 1 aromatic heterocycles. The van der Waals surface area contributed by atoms with Crippen LogP contribution in [0.1, 0.15) is 26.2 Å². The molecule has 2 heterocycles. The summed E-state index contributed by atoms with van der Waals surface area (Å²) in [7, 11) is 1.98. The largest absolute Gasteiger partial charge is 0.493 e. The molecule has 1 aliphatic rings. The summed E-state index contributed by atoms with van der Waals surface area (Å²) in [4.78, 5) is 12.7. The lowest BCUT2D eigenvalue weighted by atomic mass is 10.2. The van der Waals surface area contributed by atoms with Crippen molar-refractivity contribution >= 4 is 26.7 Å². The average molecular weight is 658 g/mol. The van der Waals surface area contributed by atoms with Crippen LogP contribution >= 0.6 is 0 Å². The molecule has 0 amide bonds. The van der Waals surface area contributed by atoms with E-state index in [9.17, 15) is 13.2 Å². The van der Waals surface area contributed by atoms with Crippen molar-refractivity contribution in [3.8, 4) is 34.5 Å². The summed E-state index contributed by atoms with van der Waals surface area (Å²) in [6.45, 7) is 4.08. The number of methoxy groups -OCH3 is 2. The number of nitrogens with one attached hydrogen (secondary N) is 1. The summed E-state index contributed by atoms with van der Waals surface area (Å²) in [5.41, 5.74) is 0.884. The molecule has 0 spiro atoms. The molecule has 248 valence electrons. The van der Waals surface area contributed by atoms with E-state index < -0.39 is 10.0 Å². The van der Waals surface area contributed by atoms with Crippen molar-refractivity contribution in [2.24, 2.45) is 14.1 Å². The molecule has 0 radical (unpaired) electrons. The smallest absolute Gasteiger partial charge is 0.328 e. The Morgan fingerprint density at radius 2 is 1.46 bits per heavy atom. The first kappa shape index (κ1) is 33.0. The number of aromatic nitrogens is 2. The van der Waals surface area contributed by atoms with Crippen LogP contribution in [0.5, 0.6) is 34.5 Å². The number of hydrogen-bond donors (Lipinski definition) is 1. The van der Waals surface area contributed by atoms with E-state index in [0.29, 0.717) is 73.3 Å². The molecule has 0 unspecified atom stereocenters. The number of hydrogen-bond acceptors (Lipinski definition) is 10. The van der Waals surface area contributed by atoms with Crippen molar-refractivity contribution in [3.05, 3.63) is 59.0 Å². The predicted molar refractivity (Wildman–Crippen MR) is 171 cm³/mol. The number of sulfonamides is 1. The topological polar surface area (TPSA) is 138 Å². The molecule has 1 aliphatic heterocycles. The summed E-state index contributed by atoms with van der Waals surface area (Å²) in [6.07, 6.45) is 1.99. The second-order valence-corrected chi connectivity index (χ2v) is 12.3. The minimum atomic E-state index is -4.15. The highest BCUT2D eigenvalue weighted by molar-refractivity contribution is 7.92. The van der Waals surface area contributed by atoms with E-state index >= 15 is 0 Å². The Bertz CT molecular complexity index is 1850. The van der Waals surface area contributed by atoms with Crippen LogP contribution in [0, 0.1) is 0 Å². The first-order valence-electron chi connectivity index (χ1n) is 14.9. The van der Waals surface area contributed by atoms with E-state index in [1.807, 2.05) is 6.92 Å². The lowest BCUT2D eigenvalue weighted by molar-refractivity contribution is -0.0493. The molecular formula is C32H39N3O10S. The van der Waals surface area contributed by atoms with Gasteiger partial charge in [0.15, 0.2) is 23.5 Å². The second-order valence-electron chi connectivity index (χ2n) is 10.6. The number of anilines is 1. The summed E-state index contributed by atoms with van der Waals surface area (Å²) < 4.78 is 72.6. The highest BCUT2D eigenvalue weighted by atomic mass is 32.2. The maximum Gasteiger partial charge on any atom is 0.328 e. The van der Waals surface area contributed by atoms with Gasteiger partial charge >= 0.3 is 5.69 Å². The van der Waals surface area contributed by atoms with Gasteiger partial charge in [0.25, 0.3) is 10.0 Å². The molecule has 4 aromatic rings. The SMILES string of the molecule is CCCOc1cc(OCCCC2OCCO2)cc(Oc2cc3c(cc2NS(=O)(=O)c2ccc(OC)c(OC)c2)n(C)c(=O)n3C)c1. The van der Waals surface area contributed by atoms with E-state index in [1.54, 1.807) is 44.4 Å². The molecule has 14 heteroatoms. The van der Waals surface area contributed by atoms with Crippen LogP contribution in [0.2, 0.25) is 0 Å². The molecule has 0 atom stereocenters. The van der Waals surface area contributed by atoms with E-state index in [1.165, 1.54) is 41.6 Å². The number of fused-ring (bicyclic) bond motifs is 1. The van der Waals surface area contributed by atoms with Gasteiger partial charge in [-0.25, -0.2) is 13.2 Å². The fraction of sp³-hybridized carbons (Fsp3) is 0.406. The molecule has 46 heavy (non-hydrogen) atoms. The number of benzene rings is 3. The molecule has 5 rings (SSSR count). The molecule has 1 fully saturated rings. The highest BCUT2D eigenvalue weighted by Crippen LogP contribution is 2.38. The van der Waals surface area contributed by atoms with E-state index in [-0.39, 0.29) is 34.1 Å². The van der Waals surface area contributed by atoms with Gasteiger partial charge in [0.1, 0.15) is 17.2 Å². The van der Waals surface area contributed by atoms with Gasteiger partial charge < -0.3 is 33.2 Å². The lowest BCUT2D eigenvalue weighted by Gasteiger charge is -2.17. The first-order valence-corrected chi connectivity index (χ1v) is 16.4.